The Bertz CT molecular complexity index is 1630. The van der Waals surface area contributed by atoms with E-state index in [1.54, 1.807) is 12.1 Å². The number of nitrogens with zero attached hydrogens (tertiary/aromatic N) is 5. The van der Waals surface area contributed by atoms with E-state index in [-0.39, 0.29) is 34.4 Å². The molecule has 5 aromatic rings. The molecule has 0 spiro atoms. The zero-order valence-electron chi connectivity index (χ0n) is 18.5. The average Bonchev–Trinajstić information content (AvgIpc) is 3.41. The van der Waals surface area contributed by atoms with Crippen LogP contribution in [0.25, 0.3) is 16.9 Å². The fourth-order valence-corrected chi connectivity index (χ4v) is 3.94. The first-order chi connectivity index (χ1) is 17.6. The monoisotopic (exact) mass is 548 g/mol. The molecule has 1 N–H and O–H groups in total. The Morgan fingerprint density at radius 2 is 1.76 bits per heavy atom. The van der Waals surface area contributed by atoms with Crippen LogP contribution in [-0.4, -0.2) is 30.3 Å². The minimum absolute atomic E-state index is 0.0301. The number of alkyl halides is 3. The lowest BCUT2D eigenvalue weighted by molar-refractivity contribution is -0.142. The molecule has 37 heavy (non-hydrogen) atoms. The van der Waals surface area contributed by atoms with Crippen molar-refractivity contribution in [3.05, 3.63) is 99.7 Å². The van der Waals surface area contributed by atoms with Gasteiger partial charge in [-0.05, 0) is 35.9 Å². The second-order valence-corrected chi connectivity index (χ2v) is 8.78. The van der Waals surface area contributed by atoms with Crippen molar-refractivity contribution < 1.29 is 22.4 Å². The summed E-state index contributed by atoms with van der Waals surface area (Å²) in [5.41, 5.74) is -0.587. The Kier molecular flexibility index (Phi) is 6.34. The highest BCUT2D eigenvalue weighted by Crippen LogP contribution is 2.33. The van der Waals surface area contributed by atoms with Gasteiger partial charge in [-0.2, -0.15) is 23.4 Å². The number of carbonyl (C=O) groups excluding carboxylic acids is 1. The van der Waals surface area contributed by atoms with Crippen LogP contribution < -0.4 is 5.32 Å². The van der Waals surface area contributed by atoms with Gasteiger partial charge in [0.05, 0.1) is 12.2 Å². The van der Waals surface area contributed by atoms with Crippen molar-refractivity contribution in [1.29, 1.82) is 0 Å². The van der Waals surface area contributed by atoms with Gasteiger partial charge in [0.15, 0.2) is 22.9 Å². The van der Waals surface area contributed by atoms with Crippen molar-refractivity contribution in [3.63, 3.8) is 0 Å². The lowest BCUT2D eigenvalue weighted by Crippen LogP contribution is -2.16. The zero-order valence-corrected chi connectivity index (χ0v) is 20.0. The predicted octanol–water partition coefficient (Wildman–Crippen LogP) is 6.36. The second kappa shape index (κ2) is 9.49. The summed E-state index contributed by atoms with van der Waals surface area (Å²) < 4.78 is 56.9. The first-order valence-electron chi connectivity index (χ1n) is 10.6. The van der Waals surface area contributed by atoms with Crippen molar-refractivity contribution >= 4 is 40.6 Å². The standard InChI is InChI=1S/C24H14Cl2F4N6O/c25-15-6-4-14(5-7-15)18-9-20(24(28,29)30)36-21(31-18)10-19(33-36)23(37)32-22-17(26)12-35(34-22)11-13-2-1-3-16(27)8-13/h1-10,12H,11H2,(H,32,34,37). The maximum absolute atomic E-state index is 13.8. The van der Waals surface area contributed by atoms with Crippen LogP contribution in [0.15, 0.2) is 66.9 Å². The molecule has 0 fully saturated rings. The van der Waals surface area contributed by atoms with Gasteiger partial charge in [0, 0.05) is 22.8 Å². The Labute approximate surface area is 216 Å². The molecule has 3 aromatic heterocycles. The summed E-state index contributed by atoms with van der Waals surface area (Å²) in [7, 11) is 0. The molecule has 0 aliphatic rings. The molecule has 0 aliphatic carbocycles. The van der Waals surface area contributed by atoms with Crippen LogP contribution in [0.1, 0.15) is 21.7 Å². The summed E-state index contributed by atoms with van der Waals surface area (Å²) in [5, 5.41) is 10.9. The fourth-order valence-electron chi connectivity index (χ4n) is 3.61. The molecular weight excluding hydrogens is 535 g/mol. The van der Waals surface area contributed by atoms with Crippen LogP contribution in [0, 0.1) is 5.82 Å². The van der Waals surface area contributed by atoms with Crippen LogP contribution in [-0.2, 0) is 12.7 Å². The van der Waals surface area contributed by atoms with Crippen molar-refractivity contribution in [3.8, 4) is 11.3 Å². The van der Waals surface area contributed by atoms with E-state index in [9.17, 15) is 22.4 Å². The van der Waals surface area contributed by atoms with E-state index in [0.29, 0.717) is 20.7 Å². The van der Waals surface area contributed by atoms with Crippen molar-refractivity contribution in [2.75, 3.05) is 5.32 Å². The fraction of sp³-hybridized carbons (Fsp3) is 0.0833. The van der Waals surface area contributed by atoms with E-state index in [1.165, 1.54) is 47.3 Å². The van der Waals surface area contributed by atoms with E-state index in [0.717, 1.165) is 12.1 Å². The van der Waals surface area contributed by atoms with Gasteiger partial charge in [0.25, 0.3) is 5.91 Å². The Morgan fingerprint density at radius 3 is 2.46 bits per heavy atom. The molecule has 0 aliphatic heterocycles. The molecular formula is C24H14Cl2F4N6O. The Balaban J connectivity index is 1.45. The molecule has 7 nitrogen and oxygen atoms in total. The van der Waals surface area contributed by atoms with E-state index < -0.39 is 23.6 Å². The molecule has 0 saturated carbocycles. The summed E-state index contributed by atoms with van der Waals surface area (Å²) in [4.78, 5) is 17.1. The van der Waals surface area contributed by atoms with E-state index >= 15 is 0 Å². The predicted molar refractivity (Wildman–Crippen MR) is 129 cm³/mol. The topological polar surface area (TPSA) is 77.1 Å². The third-order valence-corrected chi connectivity index (χ3v) is 5.80. The van der Waals surface area contributed by atoms with Crippen molar-refractivity contribution in [2.45, 2.75) is 12.7 Å². The number of aromatic nitrogens is 5. The highest BCUT2D eigenvalue weighted by Gasteiger charge is 2.35. The summed E-state index contributed by atoms with van der Waals surface area (Å²) in [5.74, 6) is -1.29. The van der Waals surface area contributed by atoms with Crippen LogP contribution >= 0.6 is 23.2 Å². The number of amides is 1. The number of hydrogen-bond acceptors (Lipinski definition) is 4. The van der Waals surface area contributed by atoms with Crippen LogP contribution in [0.2, 0.25) is 10.0 Å². The lowest BCUT2D eigenvalue weighted by Gasteiger charge is -2.11. The highest BCUT2D eigenvalue weighted by molar-refractivity contribution is 6.33. The number of rotatable bonds is 5. The summed E-state index contributed by atoms with van der Waals surface area (Å²) in [6.07, 6.45) is -3.35. The molecule has 0 radical (unpaired) electrons. The molecule has 1 amide bonds. The van der Waals surface area contributed by atoms with Crippen LogP contribution in [0.4, 0.5) is 23.4 Å². The van der Waals surface area contributed by atoms with Gasteiger partial charge in [-0.15, -0.1) is 0 Å². The van der Waals surface area contributed by atoms with E-state index in [1.807, 2.05) is 0 Å². The van der Waals surface area contributed by atoms with Crippen LogP contribution in [0.3, 0.4) is 0 Å². The first kappa shape index (κ1) is 24.7. The number of carbonyl (C=O) groups is 1. The van der Waals surface area contributed by atoms with E-state index in [4.69, 9.17) is 23.2 Å². The average molecular weight is 549 g/mol. The molecule has 3 heterocycles. The van der Waals surface area contributed by atoms with Gasteiger partial charge in [-0.1, -0.05) is 47.5 Å². The quantitative estimate of drug-likeness (QED) is 0.259. The minimum Gasteiger partial charge on any atom is -0.302 e. The molecule has 5 rings (SSSR count). The Morgan fingerprint density at radius 1 is 1.00 bits per heavy atom. The van der Waals surface area contributed by atoms with Crippen molar-refractivity contribution in [2.24, 2.45) is 0 Å². The van der Waals surface area contributed by atoms with Crippen LogP contribution in [0.5, 0.6) is 0 Å². The molecule has 0 unspecified atom stereocenters. The highest BCUT2D eigenvalue weighted by atomic mass is 35.5. The van der Waals surface area contributed by atoms with Gasteiger partial charge < -0.3 is 5.32 Å². The second-order valence-electron chi connectivity index (χ2n) is 7.94. The molecule has 0 atom stereocenters. The zero-order chi connectivity index (χ0) is 26.3. The third kappa shape index (κ3) is 5.27. The maximum atomic E-state index is 13.8. The molecule has 0 bridgehead atoms. The summed E-state index contributed by atoms with van der Waals surface area (Å²) in [6, 6.07) is 14.0. The first-order valence-corrected chi connectivity index (χ1v) is 11.3. The maximum Gasteiger partial charge on any atom is 0.433 e. The Hall–Kier alpha value is -3.96. The smallest absolute Gasteiger partial charge is 0.302 e. The van der Waals surface area contributed by atoms with Crippen molar-refractivity contribution in [1.82, 2.24) is 24.4 Å². The van der Waals surface area contributed by atoms with E-state index in [2.05, 4.69) is 20.5 Å². The third-order valence-electron chi connectivity index (χ3n) is 5.27. The van der Waals surface area contributed by atoms with Gasteiger partial charge in [-0.3, -0.25) is 9.48 Å². The van der Waals surface area contributed by atoms with Gasteiger partial charge in [0.2, 0.25) is 0 Å². The summed E-state index contributed by atoms with van der Waals surface area (Å²) >= 11 is 12.0. The molecule has 2 aromatic carbocycles. The molecule has 188 valence electrons. The van der Waals surface area contributed by atoms with Gasteiger partial charge >= 0.3 is 6.18 Å². The number of halogens is 6. The number of hydrogen-bond donors (Lipinski definition) is 1. The number of anilines is 1. The number of nitrogens with one attached hydrogen (secondary N) is 1. The number of benzene rings is 2. The molecule has 0 saturated heterocycles. The van der Waals surface area contributed by atoms with Gasteiger partial charge in [-0.25, -0.2) is 13.9 Å². The SMILES string of the molecule is O=C(Nc1nn(Cc2cccc(F)c2)cc1Cl)c1cc2nc(-c3ccc(Cl)cc3)cc(C(F)(F)F)n2n1. The lowest BCUT2D eigenvalue weighted by atomic mass is 10.1. The minimum atomic E-state index is -4.78. The number of fused-ring (bicyclic) bond motifs is 1. The normalized spacial score (nSPS) is 11.7. The summed E-state index contributed by atoms with van der Waals surface area (Å²) in [6.45, 7) is 0.175. The van der Waals surface area contributed by atoms with Gasteiger partial charge in [0.1, 0.15) is 10.8 Å². The molecule has 13 heteroatoms. The largest absolute Gasteiger partial charge is 0.433 e.